The Morgan fingerprint density at radius 1 is 1.33 bits per heavy atom. The molecule has 1 rings (SSSR count). The summed E-state index contributed by atoms with van der Waals surface area (Å²) in [5.74, 6) is 0. The molecule has 1 atom stereocenters. The number of hydrogen-bond donors (Lipinski definition) is 1. The molecule has 0 saturated heterocycles. The number of hydrogen-bond acceptors (Lipinski definition) is 2. The van der Waals surface area contributed by atoms with Gasteiger partial charge in [0, 0.05) is 15.9 Å². The van der Waals surface area contributed by atoms with E-state index < -0.39 is 0 Å². The molecule has 0 aliphatic rings. The summed E-state index contributed by atoms with van der Waals surface area (Å²) >= 11 is 5.40. The van der Waals surface area contributed by atoms with Crippen LogP contribution in [0, 0.1) is 0 Å². The Morgan fingerprint density at radius 2 is 2.13 bits per heavy atom. The second kappa shape index (κ2) is 7.42. The molecule has 0 aliphatic carbocycles. The molecule has 0 aromatic carbocycles. The smallest absolute Gasteiger partial charge is 0.0339 e. The van der Waals surface area contributed by atoms with E-state index in [2.05, 4.69) is 45.9 Å². The highest BCUT2D eigenvalue weighted by atomic mass is 79.9. The van der Waals surface area contributed by atoms with Gasteiger partial charge in [0.05, 0.1) is 0 Å². The number of unbranched alkanes of at least 4 members (excludes halogenated alkanes) is 1. The van der Waals surface area contributed by atoms with Gasteiger partial charge in [-0.05, 0) is 46.3 Å². The van der Waals surface area contributed by atoms with Crippen molar-refractivity contribution in [2.24, 2.45) is 0 Å². The van der Waals surface area contributed by atoms with Gasteiger partial charge in [0.15, 0.2) is 0 Å². The van der Waals surface area contributed by atoms with Crippen molar-refractivity contribution in [3.63, 3.8) is 0 Å². The Hall–Kier alpha value is 0.140. The average molecular weight is 290 g/mol. The molecule has 3 heteroatoms. The van der Waals surface area contributed by atoms with Crippen molar-refractivity contribution in [2.45, 2.75) is 45.6 Å². The zero-order valence-electron chi connectivity index (χ0n) is 9.55. The van der Waals surface area contributed by atoms with Gasteiger partial charge >= 0.3 is 0 Å². The maximum atomic E-state index is 3.62. The molecule has 0 spiro atoms. The Bertz CT molecular complexity index is 264. The molecule has 0 fully saturated rings. The minimum atomic E-state index is 0.533. The van der Waals surface area contributed by atoms with E-state index in [0.29, 0.717) is 6.04 Å². The molecule has 1 aromatic heterocycles. The monoisotopic (exact) mass is 289 g/mol. The van der Waals surface area contributed by atoms with Crippen LogP contribution in [0.2, 0.25) is 0 Å². The lowest BCUT2D eigenvalue weighted by atomic mass is 10.0. The van der Waals surface area contributed by atoms with Crippen LogP contribution in [-0.4, -0.2) is 6.54 Å². The van der Waals surface area contributed by atoms with Crippen molar-refractivity contribution in [1.82, 2.24) is 5.32 Å². The minimum Gasteiger partial charge on any atom is -0.310 e. The molecular weight excluding hydrogens is 270 g/mol. The topological polar surface area (TPSA) is 12.0 Å². The van der Waals surface area contributed by atoms with Crippen molar-refractivity contribution in [2.75, 3.05) is 6.54 Å². The number of rotatable bonds is 7. The summed E-state index contributed by atoms with van der Waals surface area (Å²) in [7, 11) is 0. The van der Waals surface area contributed by atoms with E-state index in [1.165, 1.54) is 35.7 Å². The first-order valence-electron chi connectivity index (χ1n) is 5.74. The van der Waals surface area contributed by atoms with E-state index in [0.717, 1.165) is 6.54 Å². The van der Waals surface area contributed by atoms with E-state index >= 15 is 0 Å². The SMILES string of the molecule is CCCCC(NCCC)c1cscc1Br. The molecule has 15 heavy (non-hydrogen) atoms. The number of nitrogens with one attached hydrogen (secondary N) is 1. The number of halogens is 1. The number of thiophene rings is 1. The van der Waals surface area contributed by atoms with Crippen molar-refractivity contribution < 1.29 is 0 Å². The molecule has 86 valence electrons. The van der Waals surface area contributed by atoms with Crippen LogP contribution in [0.25, 0.3) is 0 Å². The van der Waals surface area contributed by atoms with Gasteiger partial charge in [0.2, 0.25) is 0 Å². The minimum absolute atomic E-state index is 0.533. The van der Waals surface area contributed by atoms with Crippen LogP contribution in [0.4, 0.5) is 0 Å². The predicted octanol–water partition coefficient (Wildman–Crippen LogP) is 4.74. The van der Waals surface area contributed by atoms with E-state index in [4.69, 9.17) is 0 Å². The van der Waals surface area contributed by atoms with Crippen LogP contribution in [-0.2, 0) is 0 Å². The highest BCUT2D eigenvalue weighted by Crippen LogP contribution is 2.30. The summed E-state index contributed by atoms with van der Waals surface area (Å²) in [5, 5.41) is 8.05. The van der Waals surface area contributed by atoms with E-state index in [1.807, 2.05) is 0 Å². The Balaban J connectivity index is 2.58. The third-order valence-corrected chi connectivity index (χ3v) is 4.26. The molecule has 1 aromatic rings. The van der Waals surface area contributed by atoms with Gasteiger partial charge in [-0.15, -0.1) is 0 Å². The quantitative estimate of drug-likeness (QED) is 0.764. The van der Waals surface area contributed by atoms with Gasteiger partial charge in [-0.3, -0.25) is 0 Å². The third kappa shape index (κ3) is 4.25. The summed E-state index contributed by atoms with van der Waals surface area (Å²) in [6.45, 7) is 5.57. The standard InChI is InChI=1S/C12H20BrNS/c1-3-5-6-12(14-7-4-2)10-8-15-9-11(10)13/h8-9,12,14H,3-7H2,1-2H3. The summed E-state index contributed by atoms with van der Waals surface area (Å²) in [6, 6.07) is 0.533. The lowest BCUT2D eigenvalue weighted by Gasteiger charge is -2.17. The Labute approximate surface area is 105 Å². The second-order valence-corrected chi connectivity index (χ2v) is 5.42. The van der Waals surface area contributed by atoms with Crippen LogP contribution in [0.15, 0.2) is 15.2 Å². The summed E-state index contributed by atoms with van der Waals surface area (Å²) in [5.41, 5.74) is 1.43. The molecule has 1 heterocycles. The molecule has 0 aliphatic heterocycles. The lowest BCUT2D eigenvalue weighted by molar-refractivity contribution is 0.481. The molecule has 0 saturated carbocycles. The first kappa shape index (κ1) is 13.2. The zero-order chi connectivity index (χ0) is 11.1. The fraction of sp³-hybridized carbons (Fsp3) is 0.667. The van der Waals surface area contributed by atoms with Crippen molar-refractivity contribution >= 4 is 27.3 Å². The molecule has 1 N–H and O–H groups in total. The van der Waals surface area contributed by atoms with Gasteiger partial charge in [-0.2, -0.15) is 11.3 Å². The van der Waals surface area contributed by atoms with Crippen LogP contribution >= 0.6 is 27.3 Å². The van der Waals surface area contributed by atoms with Crippen LogP contribution in [0.5, 0.6) is 0 Å². The van der Waals surface area contributed by atoms with Crippen LogP contribution < -0.4 is 5.32 Å². The van der Waals surface area contributed by atoms with Crippen LogP contribution in [0.3, 0.4) is 0 Å². The largest absolute Gasteiger partial charge is 0.310 e. The summed E-state index contributed by atoms with van der Waals surface area (Å²) < 4.78 is 1.26. The van der Waals surface area contributed by atoms with Crippen LogP contribution in [0.1, 0.15) is 51.1 Å². The van der Waals surface area contributed by atoms with Crippen molar-refractivity contribution in [3.05, 3.63) is 20.8 Å². The maximum Gasteiger partial charge on any atom is 0.0339 e. The van der Waals surface area contributed by atoms with Gasteiger partial charge in [-0.1, -0.05) is 26.7 Å². The molecule has 1 unspecified atom stereocenters. The average Bonchev–Trinajstić information content (AvgIpc) is 2.65. The summed E-state index contributed by atoms with van der Waals surface area (Å²) in [6.07, 6.45) is 5.01. The molecule has 1 nitrogen and oxygen atoms in total. The van der Waals surface area contributed by atoms with E-state index in [1.54, 1.807) is 11.3 Å². The first-order chi connectivity index (χ1) is 7.29. The predicted molar refractivity (Wildman–Crippen MR) is 72.6 cm³/mol. The third-order valence-electron chi connectivity index (χ3n) is 2.50. The highest BCUT2D eigenvalue weighted by Gasteiger charge is 2.13. The fourth-order valence-corrected chi connectivity index (χ4v) is 3.26. The van der Waals surface area contributed by atoms with Gasteiger partial charge < -0.3 is 5.32 Å². The fourth-order valence-electron chi connectivity index (χ4n) is 1.63. The normalized spacial score (nSPS) is 13.0. The van der Waals surface area contributed by atoms with Crippen molar-refractivity contribution in [1.29, 1.82) is 0 Å². The first-order valence-corrected chi connectivity index (χ1v) is 7.48. The molecular formula is C12H20BrNS. The molecule has 0 bridgehead atoms. The van der Waals surface area contributed by atoms with Gasteiger partial charge in [-0.25, -0.2) is 0 Å². The van der Waals surface area contributed by atoms with E-state index in [9.17, 15) is 0 Å². The van der Waals surface area contributed by atoms with Gasteiger partial charge in [0.1, 0.15) is 0 Å². The Kier molecular flexibility index (Phi) is 6.53. The molecule has 0 amide bonds. The highest BCUT2D eigenvalue weighted by molar-refractivity contribution is 9.10. The van der Waals surface area contributed by atoms with Gasteiger partial charge in [0.25, 0.3) is 0 Å². The molecule has 0 radical (unpaired) electrons. The van der Waals surface area contributed by atoms with E-state index in [-0.39, 0.29) is 0 Å². The summed E-state index contributed by atoms with van der Waals surface area (Å²) in [4.78, 5) is 0. The maximum absolute atomic E-state index is 3.62. The lowest BCUT2D eigenvalue weighted by Crippen LogP contribution is -2.21. The Morgan fingerprint density at radius 3 is 2.67 bits per heavy atom. The van der Waals surface area contributed by atoms with Crippen molar-refractivity contribution in [3.8, 4) is 0 Å². The zero-order valence-corrected chi connectivity index (χ0v) is 12.0. The second-order valence-electron chi connectivity index (χ2n) is 3.82.